The van der Waals surface area contributed by atoms with Crippen LogP contribution in [-0.2, 0) is 22.7 Å². The highest BCUT2D eigenvalue weighted by atomic mass is 32.2. The van der Waals surface area contributed by atoms with Crippen LogP contribution in [0.3, 0.4) is 0 Å². The molecule has 0 spiro atoms. The first kappa shape index (κ1) is 23.5. The molecule has 4 amide bonds. The maximum absolute atomic E-state index is 13.2. The zero-order valence-electron chi connectivity index (χ0n) is 18.6. The summed E-state index contributed by atoms with van der Waals surface area (Å²) in [6.45, 7) is -0.0229. The lowest BCUT2D eigenvalue weighted by Gasteiger charge is -2.24. The van der Waals surface area contributed by atoms with Crippen LogP contribution in [0, 0.1) is 5.82 Å². The monoisotopic (exact) mass is 484 g/mol. The number of imide groups is 1. The van der Waals surface area contributed by atoms with Gasteiger partial charge in [-0.25, -0.2) is 9.18 Å². The standard InChI is InChI=1S/C24H22FN3O5S/c1-32-19-8-5-16(11-20(19)33-2)12-26-21(29)14-27-18-9-10-34-22(18)23(30)28(24(27)31)13-15-3-6-17(25)7-4-15/h3-11,22H,12-14H2,1-2H3/p+1. The van der Waals surface area contributed by atoms with E-state index in [9.17, 15) is 18.8 Å². The molecular weight excluding hydrogens is 461 g/mol. The van der Waals surface area contributed by atoms with Crippen LogP contribution < -0.4 is 14.8 Å². The molecule has 8 nitrogen and oxygen atoms in total. The average Bonchev–Trinajstić information content (AvgIpc) is 3.34. The minimum absolute atomic E-state index is 0.00789. The van der Waals surface area contributed by atoms with Gasteiger partial charge in [-0.15, -0.1) is 11.8 Å². The highest BCUT2D eigenvalue weighted by Gasteiger charge is 2.49. The number of thioether (sulfide) groups is 1. The quantitative estimate of drug-likeness (QED) is 0.580. The summed E-state index contributed by atoms with van der Waals surface area (Å²) in [5.41, 5.74) is 1.89. The predicted molar refractivity (Wildman–Crippen MR) is 124 cm³/mol. The highest BCUT2D eigenvalue weighted by Crippen LogP contribution is 2.29. The van der Waals surface area contributed by atoms with Crippen molar-refractivity contribution in [2.75, 3.05) is 20.8 Å². The lowest BCUT2D eigenvalue weighted by Crippen LogP contribution is -2.56. The smallest absolute Gasteiger partial charge is 0.493 e. The van der Waals surface area contributed by atoms with Crippen molar-refractivity contribution in [1.82, 2.24) is 10.2 Å². The molecule has 0 aliphatic carbocycles. The van der Waals surface area contributed by atoms with Gasteiger partial charge >= 0.3 is 11.9 Å². The number of rotatable bonds is 8. The van der Waals surface area contributed by atoms with Crippen LogP contribution in [0.15, 0.2) is 53.9 Å². The molecule has 2 aromatic rings. The molecule has 1 N–H and O–H groups in total. The summed E-state index contributed by atoms with van der Waals surface area (Å²) in [7, 11) is 3.07. The number of ether oxygens (including phenoxy) is 2. The van der Waals surface area contributed by atoms with Crippen LogP contribution >= 0.6 is 11.8 Å². The van der Waals surface area contributed by atoms with E-state index in [1.807, 2.05) is 0 Å². The van der Waals surface area contributed by atoms with Crippen molar-refractivity contribution in [2.24, 2.45) is 0 Å². The van der Waals surface area contributed by atoms with Gasteiger partial charge < -0.3 is 14.8 Å². The zero-order chi connectivity index (χ0) is 24.2. The molecule has 2 aliphatic rings. The third-order valence-corrected chi connectivity index (χ3v) is 6.49. The van der Waals surface area contributed by atoms with Crippen LogP contribution in [-0.4, -0.2) is 59.0 Å². The van der Waals surface area contributed by atoms with E-state index in [-0.39, 0.29) is 31.4 Å². The molecule has 1 atom stereocenters. The van der Waals surface area contributed by atoms with E-state index in [1.165, 1.54) is 47.7 Å². The molecule has 4 rings (SSSR count). The van der Waals surface area contributed by atoms with Crippen molar-refractivity contribution in [3.05, 3.63) is 70.9 Å². The SMILES string of the molecule is COc1ccc(CNC(=O)C[N+]2=C3C=CSC3C(=O)N(Cc3ccc(F)cc3)C2=O)cc1OC. The molecule has 10 heteroatoms. The molecule has 176 valence electrons. The first-order valence-corrected chi connectivity index (χ1v) is 11.4. The Morgan fingerprint density at radius 2 is 1.79 bits per heavy atom. The van der Waals surface area contributed by atoms with Crippen molar-refractivity contribution in [3.8, 4) is 11.5 Å². The summed E-state index contributed by atoms with van der Waals surface area (Å²) in [5, 5.41) is 3.94. The van der Waals surface area contributed by atoms with Gasteiger partial charge in [0.1, 0.15) is 18.1 Å². The van der Waals surface area contributed by atoms with E-state index >= 15 is 0 Å². The summed E-state index contributed by atoms with van der Waals surface area (Å²) < 4.78 is 25.1. The van der Waals surface area contributed by atoms with E-state index in [0.717, 1.165) is 10.5 Å². The summed E-state index contributed by atoms with van der Waals surface area (Å²) in [5.74, 6) is -0.0200. The number of allylic oxidation sites excluding steroid dienone is 1. The molecule has 0 saturated carbocycles. The largest absolute Gasteiger partial charge is 0.501 e. The molecule has 0 radical (unpaired) electrons. The Bertz CT molecular complexity index is 1200. The second-order valence-electron chi connectivity index (χ2n) is 7.63. The Balaban J connectivity index is 1.48. The van der Waals surface area contributed by atoms with Gasteiger partial charge in [-0.1, -0.05) is 18.2 Å². The Morgan fingerprint density at radius 1 is 1.09 bits per heavy atom. The van der Waals surface area contributed by atoms with Gasteiger partial charge in [-0.3, -0.25) is 4.79 Å². The van der Waals surface area contributed by atoms with Crippen molar-refractivity contribution in [3.63, 3.8) is 0 Å². The number of nitrogens with one attached hydrogen (secondary N) is 1. The number of carbonyl (C=O) groups is 3. The number of hydrogen-bond donors (Lipinski definition) is 1. The van der Waals surface area contributed by atoms with E-state index in [1.54, 1.807) is 36.8 Å². The number of amides is 4. The fourth-order valence-corrected chi connectivity index (χ4v) is 4.68. The van der Waals surface area contributed by atoms with Crippen molar-refractivity contribution >= 4 is 35.3 Å². The van der Waals surface area contributed by atoms with Crippen LogP contribution in [0.4, 0.5) is 9.18 Å². The number of methoxy groups -OCH3 is 2. The van der Waals surface area contributed by atoms with E-state index in [4.69, 9.17) is 9.47 Å². The predicted octanol–water partition coefficient (Wildman–Crippen LogP) is 2.70. The van der Waals surface area contributed by atoms with E-state index in [0.29, 0.717) is 22.8 Å². The second kappa shape index (κ2) is 10.1. The summed E-state index contributed by atoms with van der Waals surface area (Å²) >= 11 is 1.28. The topological polar surface area (TPSA) is 88.0 Å². The number of fused-ring (bicyclic) bond motifs is 1. The van der Waals surface area contributed by atoms with E-state index < -0.39 is 17.1 Å². The third-order valence-electron chi connectivity index (χ3n) is 5.48. The van der Waals surface area contributed by atoms with Crippen LogP contribution in [0.2, 0.25) is 0 Å². The zero-order valence-corrected chi connectivity index (χ0v) is 19.4. The fraction of sp³-hybridized carbons (Fsp3) is 0.250. The number of nitrogens with zero attached hydrogens (tertiary/aromatic N) is 2. The van der Waals surface area contributed by atoms with Crippen LogP contribution in [0.1, 0.15) is 11.1 Å². The Hall–Kier alpha value is -3.66. The fourth-order valence-electron chi connectivity index (χ4n) is 3.72. The summed E-state index contributed by atoms with van der Waals surface area (Å²) in [6, 6.07) is 10.3. The van der Waals surface area contributed by atoms with Gasteiger partial charge in [0.25, 0.3) is 5.91 Å². The molecule has 34 heavy (non-hydrogen) atoms. The van der Waals surface area contributed by atoms with Crippen LogP contribution in [0.5, 0.6) is 11.5 Å². The first-order valence-electron chi connectivity index (χ1n) is 10.4. The number of urea groups is 1. The lowest BCUT2D eigenvalue weighted by atomic mass is 10.1. The molecule has 0 aromatic heterocycles. The minimum atomic E-state index is -0.600. The summed E-state index contributed by atoms with van der Waals surface area (Å²) in [4.78, 5) is 40.0. The molecule has 0 saturated heterocycles. The van der Waals surface area contributed by atoms with Gasteiger partial charge in [0.15, 0.2) is 23.3 Å². The van der Waals surface area contributed by atoms with Crippen molar-refractivity contribution < 1.29 is 32.8 Å². The van der Waals surface area contributed by atoms with Gasteiger partial charge in [0.2, 0.25) is 0 Å². The molecule has 1 unspecified atom stereocenters. The summed E-state index contributed by atoms with van der Waals surface area (Å²) in [6.07, 6.45) is 1.68. The van der Waals surface area contributed by atoms with Crippen molar-refractivity contribution in [2.45, 2.75) is 18.3 Å². The van der Waals surface area contributed by atoms with Gasteiger partial charge in [-0.05, 0) is 46.9 Å². The molecule has 2 aliphatic heterocycles. The Morgan fingerprint density at radius 3 is 2.50 bits per heavy atom. The number of hydrogen-bond acceptors (Lipinski definition) is 6. The molecule has 2 aromatic carbocycles. The third kappa shape index (κ3) is 4.81. The molecule has 2 heterocycles. The highest BCUT2D eigenvalue weighted by molar-refractivity contribution is 8.04. The van der Waals surface area contributed by atoms with Crippen molar-refractivity contribution in [1.29, 1.82) is 0 Å². The van der Waals surface area contributed by atoms with Crippen LogP contribution in [0.25, 0.3) is 0 Å². The Labute approximate surface area is 200 Å². The van der Waals surface area contributed by atoms with Gasteiger partial charge in [-0.2, -0.15) is 14.3 Å². The van der Waals surface area contributed by atoms with Gasteiger partial charge in [0.05, 0.1) is 14.2 Å². The first-order chi connectivity index (χ1) is 16.4. The number of carbonyl (C=O) groups excluding carboxylic acids is 3. The molecule has 0 bridgehead atoms. The average molecular weight is 485 g/mol. The normalized spacial score (nSPS) is 17.1. The second-order valence-corrected chi connectivity index (χ2v) is 8.65. The molecule has 0 fully saturated rings. The van der Waals surface area contributed by atoms with E-state index in [2.05, 4.69) is 5.32 Å². The number of halogens is 1. The number of benzene rings is 2. The lowest BCUT2D eigenvalue weighted by molar-refractivity contribution is -0.427. The maximum atomic E-state index is 13.2. The van der Waals surface area contributed by atoms with Gasteiger partial charge in [0, 0.05) is 6.54 Å². The Kier molecular flexibility index (Phi) is 6.97. The molecular formula is C24H23FN3O5S+. The maximum Gasteiger partial charge on any atom is 0.501 e. The minimum Gasteiger partial charge on any atom is -0.493 e.